The highest BCUT2D eigenvalue weighted by Gasteiger charge is 2.25. The Kier molecular flexibility index (Phi) is 5.40. The second-order valence-corrected chi connectivity index (χ2v) is 5.44. The molecule has 0 amide bonds. The summed E-state index contributed by atoms with van der Waals surface area (Å²) in [6.07, 6.45) is 1.75. The van der Waals surface area contributed by atoms with Crippen LogP contribution in [-0.2, 0) is 10.0 Å². The van der Waals surface area contributed by atoms with E-state index < -0.39 is 10.0 Å². The molecule has 92 valence electrons. The fourth-order valence-corrected chi connectivity index (χ4v) is 2.20. The summed E-state index contributed by atoms with van der Waals surface area (Å²) in [5, 5.41) is 3.58. The quantitative estimate of drug-likeness (QED) is 0.745. The van der Waals surface area contributed by atoms with E-state index in [0.717, 1.165) is 4.31 Å². The van der Waals surface area contributed by atoms with Gasteiger partial charge in [0.1, 0.15) is 10.6 Å². The zero-order chi connectivity index (χ0) is 12.9. The summed E-state index contributed by atoms with van der Waals surface area (Å²) in [6.45, 7) is 8.43. The minimum atomic E-state index is -3.42. The lowest BCUT2D eigenvalue weighted by Gasteiger charge is -2.09. The van der Waals surface area contributed by atoms with Gasteiger partial charge in [-0.25, -0.2) is 12.7 Å². The lowest BCUT2D eigenvalue weighted by molar-refractivity contribution is 0.390. The van der Waals surface area contributed by atoms with E-state index in [1.165, 1.54) is 14.1 Å². The molecule has 0 aliphatic rings. The van der Waals surface area contributed by atoms with Gasteiger partial charge in [-0.2, -0.15) is 0 Å². The molecule has 0 spiro atoms. The Bertz CT molecular complexity index is 427. The van der Waals surface area contributed by atoms with E-state index in [9.17, 15) is 8.42 Å². The average Bonchev–Trinajstić information content (AvgIpc) is 2.47. The zero-order valence-corrected chi connectivity index (χ0v) is 11.1. The van der Waals surface area contributed by atoms with Gasteiger partial charge in [-0.1, -0.05) is 11.2 Å². The van der Waals surface area contributed by atoms with Gasteiger partial charge < -0.3 is 4.52 Å². The third-order valence-corrected chi connectivity index (χ3v) is 3.77. The van der Waals surface area contributed by atoms with Crippen molar-refractivity contribution >= 4 is 10.0 Å². The van der Waals surface area contributed by atoms with E-state index in [1.54, 1.807) is 19.9 Å². The number of rotatable bonds is 2. The molecule has 0 unspecified atom stereocenters. The lowest BCUT2D eigenvalue weighted by atomic mass is 10.4. The molecule has 6 heteroatoms. The standard InChI is InChI=1S/C7H12N2O3S.C3H6/c1-5-7(6(2)12-8-5)13(10,11)9(3)4;1-3-2/h1-4H3;3H,1H2,2H3. The summed E-state index contributed by atoms with van der Waals surface area (Å²) < 4.78 is 29.2. The van der Waals surface area contributed by atoms with E-state index >= 15 is 0 Å². The summed E-state index contributed by atoms with van der Waals surface area (Å²) >= 11 is 0. The number of nitrogens with zero attached hydrogens (tertiary/aromatic N) is 2. The predicted molar refractivity (Wildman–Crippen MR) is 62.7 cm³/mol. The van der Waals surface area contributed by atoms with Gasteiger partial charge in [0, 0.05) is 14.1 Å². The molecule has 16 heavy (non-hydrogen) atoms. The van der Waals surface area contributed by atoms with Crippen LogP contribution in [0.2, 0.25) is 0 Å². The number of aryl methyl sites for hydroxylation is 2. The first-order chi connectivity index (χ1) is 7.28. The van der Waals surface area contributed by atoms with Crippen molar-refractivity contribution in [3.05, 3.63) is 24.1 Å². The molecule has 0 aliphatic heterocycles. The number of sulfonamides is 1. The van der Waals surface area contributed by atoms with Crippen molar-refractivity contribution in [2.45, 2.75) is 25.7 Å². The molecule has 1 rings (SSSR count). The molecule has 0 atom stereocenters. The monoisotopic (exact) mass is 246 g/mol. The lowest BCUT2D eigenvalue weighted by Crippen LogP contribution is -2.23. The summed E-state index contributed by atoms with van der Waals surface area (Å²) in [7, 11) is -0.471. The molecule has 1 heterocycles. The minimum absolute atomic E-state index is 0.164. The van der Waals surface area contributed by atoms with Gasteiger partial charge in [-0.05, 0) is 20.8 Å². The maximum atomic E-state index is 11.7. The van der Waals surface area contributed by atoms with Crippen LogP contribution in [0.3, 0.4) is 0 Å². The number of allylic oxidation sites excluding steroid dienone is 1. The third-order valence-electron chi connectivity index (χ3n) is 1.71. The van der Waals surface area contributed by atoms with E-state index in [0.29, 0.717) is 11.5 Å². The van der Waals surface area contributed by atoms with Crippen molar-refractivity contribution in [3.8, 4) is 0 Å². The van der Waals surface area contributed by atoms with Crippen LogP contribution in [0.15, 0.2) is 22.1 Å². The first-order valence-electron chi connectivity index (χ1n) is 4.71. The van der Waals surface area contributed by atoms with Gasteiger partial charge in [0.15, 0.2) is 5.76 Å². The second kappa shape index (κ2) is 5.81. The SMILES string of the molecule is C=CC.Cc1noc(C)c1S(=O)(=O)N(C)C. The van der Waals surface area contributed by atoms with E-state index in [-0.39, 0.29) is 4.90 Å². The number of hydrogen-bond donors (Lipinski definition) is 0. The van der Waals surface area contributed by atoms with Gasteiger partial charge in [0.05, 0.1) is 0 Å². The highest BCUT2D eigenvalue weighted by atomic mass is 32.2. The van der Waals surface area contributed by atoms with Crippen LogP contribution in [0.4, 0.5) is 0 Å². The molecular formula is C10H18N2O3S. The van der Waals surface area contributed by atoms with E-state index in [1.807, 2.05) is 6.92 Å². The van der Waals surface area contributed by atoms with Crippen LogP contribution in [0.25, 0.3) is 0 Å². The molecule has 0 radical (unpaired) electrons. The highest BCUT2D eigenvalue weighted by molar-refractivity contribution is 7.89. The van der Waals surface area contributed by atoms with Crippen molar-refractivity contribution in [1.29, 1.82) is 0 Å². The fraction of sp³-hybridized carbons (Fsp3) is 0.500. The second-order valence-electron chi connectivity index (χ2n) is 3.35. The highest BCUT2D eigenvalue weighted by Crippen LogP contribution is 2.20. The van der Waals surface area contributed by atoms with Crippen molar-refractivity contribution in [3.63, 3.8) is 0 Å². The van der Waals surface area contributed by atoms with Gasteiger partial charge in [-0.15, -0.1) is 6.58 Å². The molecule has 0 N–H and O–H groups in total. The number of aromatic nitrogens is 1. The normalized spacial score (nSPS) is 10.9. The Morgan fingerprint density at radius 2 is 1.81 bits per heavy atom. The Morgan fingerprint density at radius 1 is 1.38 bits per heavy atom. The van der Waals surface area contributed by atoms with E-state index in [2.05, 4.69) is 11.7 Å². The molecule has 0 saturated carbocycles. The van der Waals surface area contributed by atoms with E-state index in [4.69, 9.17) is 4.52 Å². The Morgan fingerprint density at radius 3 is 2.06 bits per heavy atom. The molecule has 0 aliphatic carbocycles. The molecule has 1 aromatic heterocycles. The predicted octanol–water partition coefficient (Wildman–Crippen LogP) is 1.73. The van der Waals surface area contributed by atoms with Crippen LogP contribution in [-0.4, -0.2) is 32.0 Å². The molecular weight excluding hydrogens is 228 g/mol. The van der Waals surface area contributed by atoms with Crippen molar-refractivity contribution in [2.24, 2.45) is 0 Å². The van der Waals surface area contributed by atoms with Crippen LogP contribution >= 0.6 is 0 Å². The zero-order valence-electron chi connectivity index (χ0n) is 10.3. The van der Waals surface area contributed by atoms with Gasteiger partial charge in [0.2, 0.25) is 10.0 Å². The number of hydrogen-bond acceptors (Lipinski definition) is 4. The topological polar surface area (TPSA) is 63.4 Å². The van der Waals surface area contributed by atoms with Gasteiger partial charge >= 0.3 is 0 Å². The van der Waals surface area contributed by atoms with Crippen LogP contribution in [0.5, 0.6) is 0 Å². The first-order valence-corrected chi connectivity index (χ1v) is 6.15. The maximum absolute atomic E-state index is 11.7. The van der Waals surface area contributed by atoms with Crippen LogP contribution in [0, 0.1) is 13.8 Å². The van der Waals surface area contributed by atoms with Gasteiger partial charge in [-0.3, -0.25) is 0 Å². The molecule has 0 bridgehead atoms. The van der Waals surface area contributed by atoms with Crippen molar-refractivity contribution in [2.75, 3.05) is 14.1 Å². The molecule has 0 fully saturated rings. The van der Waals surface area contributed by atoms with Crippen LogP contribution in [0.1, 0.15) is 18.4 Å². The average molecular weight is 246 g/mol. The molecule has 5 nitrogen and oxygen atoms in total. The minimum Gasteiger partial charge on any atom is -0.360 e. The Hall–Kier alpha value is -1.14. The smallest absolute Gasteiger partial charge is 0.247 e. The summed E-state index contributed by atoms with van der Waals surface area (Å²) in [4.78, 5) is 0.164. The summed E-state index contributed by atoms with van der Waals surface area (Å²) in [5.74, 6) is 0.325. The maximum Gasteiger partial charge on any atom is 0.247 e. The van der Waals surface area contributed by atoms with Crippen molar-refractivity contribution < 1.29 is 12.9 Å². The molecule has 0 aromatic carbocycles. The largest absolute Gasteiger partial charge is 0.360 e. The Labute approximate surface area is 96.8 Å². The van der Waals surface area contributed by atoms with Crippen molar-refractivity contribution in [1.82, 2.24) is 9.46 Å². The molecule has 0 saturated heterocycles. The van der Waals surface area contributed by atoms with Crippen LogP contribution < -0.4 is 0 Å². The third kappa shape index (κ3) is 3.18. The molecule has 1 aromatic rings. The summed E-state index contributed by atoms with van der Waals surface area (Å²) in [5.41, 5.74) is 0.395. The fourth-order valence-electron chi connectivity index (χ4n) is 1.03. The Balaban J connectivity index is 0.000000673. The summed E-state index contributed by atoms with van der Waals surface area (Å²) in [6, 6.07) is 0. The first kappa shape index (κ1) is 14.9. The van der Waals surface area contributed by atoms with Gasteiger partial charge in [0.25, 0.3) is 0 Å².